The molecule has 0 N–H and O–H groups in total. The van der Waals surface area contributed by atoms with Crippen LogP contribution in [0.2, 0.25) is 0 Å². The summed E-state index contributed by atoms with van der Waals surface area (Å²) in [6.45, 7) is 1.33. The highest BCUT2D eigenvalue weighted by Crippen LogP contribution is 2.34. The molecule has 0 unspecified atom stereocenters. The predicted molar refractivity (Wildman–Crippen MR) is 85.3 cm³/mol. The van der Waals surface area contributed by atoms with Crippen molar-refractivity contribution in [3.8, 4) is 0 Å². The zero-order valence-corrected chi connectivity index (χ0v) is 14.3. The minimum atomic E-state index is -5.18. The van der Waals surface area contributed by atoms with Gasteiger partial charge < -0.3 is 4.74 Å². The maximum Gasteiger partial charge on any atom is 0.422 e. The van der Waals surface area contributed by atoms with Gasteiger partial charge in [-0.3, -0.25) is 0 Å². The summed E-state index contributed by atoms with van der Waals surface area (Å²) >= 11 is 0. The van der Waals surface area contributed by atoms with Gasteiger partial charge in [-0.2, -0.15) is 22.0 Å². The van der Waals surface area contributed by atoms with Crippen LogP contribution in [0.25, 0.3) is 0 Å². The zero-order valence-electron chi connectivity index (χ0n) is 14.3. The maximum absolute atomic E-state index is 14.0. The van der Waals surface area contributed by atoms with E-state index in [4.69, 9.17) is 0 Å². The zero-order chi connectivity index (χ0) is 20.2. The molecule has 8 heteroatoms. The van der Waals surface area contributed by atoms with E-state index in [0.29, 0.717) is 12.1 Å². The van der Waals surface area contributed by atoms with Gasteiger partial charge in [0.05, 0.1) is 12.2 Å². The van der Waals surface area contributed by atoms with E-state index >= 15 is 0 Å². The molecule has 0 amide bonds. The van der Waals surface area contributed by atoms with Gasteiger partial charge in [-0.25, -0.2) is 8.78 Å². The van der Waals surface area contributed by atoms with Gasteiger partial charge >= 0.3 is 12.3 Å². The fourth-order valence-corrected chi connectivity index (χ4v) is 2.58. The smallest absolute Gasteiger partial charge is 0.316 e. The number of benzene rings is 2. The number of ether oxygens (including phenoxy) is 1. The summed E-state index contributed by atoms with van der Waals surface area (Å²) in [6.07, 6.45) is -7.58. The third-order valence-corrected chi connectivity index (χ3v) is 3.89. The summed E-state index contributed by atoms with van der Waals surface area (Å²) in [5, 5.41) is 0. The van der Waals surface area contributed by atoms with Crippen molar-refractivity contribution in [1.29, 1.82) is 0 Å². The van der Waals surface area contributed by atoms with E-state index in [0.717, 1.165) is 18.4 Å². The second-order valence-corrected chi connectivity index (χ2v) is 5.99. The highest BCUT2D eigenvalue weighted by Gasteiger charge is 2.38. The van der Waals surface area contributed by atoms with Crippen LogP contribution in [0.1, 0.15) is 35.6 Å². The summed E-state index contributed by atoms with van der Waals surface area (Å²) in [7, 11) is 0. The Hall–Kier alpha value is -2.09. The van der Waals surface area contributed by atoms with Gasteiger partial charge in [0.15, 0.2) is 0 Å². The van der Waals surface area contributed by atoms with Gasteiger partial charge in [0, 0.05) is 0 Å². The minimum Gasteiger partial charge on any atom is -0.316 e. The summed E-state index contributed by atoms with van der Waals surface area (Å²) in [5.74, 6) is -3.59. The first-order valence-electron chi connectivity index (χ1n) is 8.21. The number of rotatable bonds is 7. The van der Waals surface area contributed by atoms with Gasteiger partial charge in [-0.05, 0) is 36.1 Å². The molecule has 0 heterocycles. The van der Waals surface area contributed by atoms with Gasteiger partial charge in [-0.15, -0.1) is 0 Å². The lowest BCUT2D eigenvalue weighted by molar-refractivity contribution is -0.248. The van der Waals surface area contributed by atoms with Crippen LogP contribution in [-0.4, -0.2) is 6.61 Å². The van der Waals surface area contributed by atoms with E-state index in [-0.39, 0.29) is 17.5 Å². The van der Waals surface area contributed by atoms with Crippen LogP contribution in [-0.2, 0) is 29.9 Å². The molecule has 0 saturated carbocycles. The van der Waals surface area contributed by atoms with Gasteiger partial charge in [0.1, 0.15) is 17.2 Å². The van der Waals surface area contributed by atoms with Crippen molar-refractivity contribution < 1.29 is 35.5 Å². The second kappa shape index (κ2) is 8.29. The third kappa shape index (κ3) is 5.45. The molecule has 0 fully saturated rings. The summed E-state index contributed by atoms with van der Waals surface area (Å²) in [4.78, 5) is 0. The van der Waals surface area contributed by atoms with Crippen LogP contribution in [0.3, 0.4) is 0 Å². The Morgan fingerprint density at radius 2 is 1.37 bits per heavy atom. The Labute approximate surface area is 151 Å². The Morgan fingerprint density at radius 1 is 0.815 bits per heavy atom. The van der Waals surface area contributed by atoms with E-state index in [2.05, 4.69) is 4.74 Å². The van der Waals surface area contributed by atoms with E-state index in [1.807, 2.05) is 6.92 Å². The van der Waals surface area contributed by atoms with E-state index < -0.39 is 36.1 Å². The highest BCUT2D eigenvalue weighted by atomic mass is 19.4. The lowest BCUT2D eigenvalue weighted by Crippen LogP contribution is -2.20. The molecule has 0 radical (unpaired) electrons. The monoisotopic (exact) mass is 394 g/mol. The van der Waals surface area contributed by atoms with Crippen LogP contribution in [0, 0.1) is 11.6 Å². The van der Waals surface area contributed by atoms with E-state index in [1.165, 1.54) is 12.1 Å². The van der Waals surface area contributed by atoms with Crippen molar-refractivity contribution in [1.82, 2.24) is 0 Å². The van der Waals surface area contributed by atoms with E-state index in [9.17, 15) is 30.7 Å². The fraction of sp³-hybridized carbons (Fsp3) is 0.368. The van der Waals surface area contributed by atoms with Crippen LogP contribution in [0.5, 0.6) is 0 Å². The standard InChI is InChI=1S/C19H17F7O/c1-2-3-12-4-6-14(7-5-12)19(25,26)27-9-8-13-10-15(20)17(16(21)11-13)18(22,23)24/h4-7,10-11H,2-3,8-9H2,1H3. The van der Waals surface area contributed by atoms with Crippen molar-refractivity contribution in [2.45, 2.75) is 38.5 Å². The van der Waals surface area contributed by atoms with Crippen molar-refractivity contribution in [3.05, 3.63) is 70.3 Å². The van der Waals surface area contributed by atoms with Crippen molar-refractivity contribution in [2.24, 2.45) is 0 Å². The molecule has 0 atom stereocenters. The Balaban J connectivity index is 2.02. The lowest BCUT2D eigenvalue weighted by Gasteiger charge is -2.18. The van der Waals surface area contributed by atoms with Crippen LogP contribution in [0.15, 0.2) is 36.4 Å². The predicted octanol–water partition coefficient (Wildman–Crippen LogP) is 6.24. The molecule has 27 heavy (non-hydrogen) atoms. The Kier molecular flexibility index (Phi) is 6.51. The average Bonchev–Trinajstić information content (AvgIpc) is 2.53. The summed E-state index contributed by atoms with van der Waals surface area (Å²) < 4.78 is 97.1. The molecule has 0 aliphatic rings. The van der Waals surface area contributed by atoms with Gasteiger partial charge in [0.25, 0.3) is 0 Å². The number of aryl methyl sites for hydroxylation is 1. The molecule has 1 nitrogen and oxygen atoms in total. The number of hydrogen-bond acceptors (Lipinski definition) is 1. The molecular weight excluding hydrogens is 377 g/mol. The molecule has 2 aromatic rings. The second-order valence-electron chi connectivity index (χ2n) is 5.99. The summed E-state index contributed by atoms with van der Waals surface area (Å²) in [5.41, 5.74) is -1.71. The number of alkyl halides is 5. The molecule has 2 rings (SSSR count). The van der Waals surface area contributed by atoms with Crippen LogP contribution < -0.4 is 0 Å². The first-order valence-corrected chi connectivity index (χ1v) is 8.21. The van der Waals surface area contributed by atoms with Gasteiger partial charge in [0.2, 0.25) is 0 Å². The molecule has 2 aromatic carbocycles. The normalized spacial score (nSPS) is 12.4. The van der Waals surface area contributed by atoms with Gasteiger partial charge in [-0.1, -0.05) is 37.6 Å². The third-order valence-electron chi connectivity index (χ3n) is 3.89. The first-order chi connectivity index (χ1) is 12.5. The first kappa shape index (κ1) is 21.2. The average molecular weight is 394 g/mol. The minimum absolute atomic E-state index is 0.216. The molecule has 0 aromatic heterocycles. The van der Waals surface area contributed by atoms with Crippen molar-refractivity contribution in [2.75, 3.05) is 6.61 Å². The summed E-state index contributed by atoms with van der Waals surface area (Å²) in [6, 6.07) is 6.48. The molecule has 148 valence electrons. The van der Waals surface area contributed by atoms with Crippen molar-refractivity contribution >= 4 is 0 Å². The van der Waals surface area contributed by atoms with Crippen LogP contribution >= 0.6 is 0 Å². The van der Waals surface area contributed by atoms with Crippen LogP contribution in [0.4, 0.5) is 30.7 Å². The molecule has 0 spiro atoms. The van der Waals surface area contributed by atoms with Crippen molar-refractivity contribution in [3.63, 3.8) is 0 Å². The largest absolute Gasteiger partial charge is 0.422 e. The molecular formula is C19H17F7O. The maximum atomic E-state index is 14.0. The van der Waals surface area contributed by atoms with E-state index in [1.54, 1.807) is 12.1 Å². The molecule has 0 saturated heterocycles. The Morgan fingerprint density at radius 3 is 1.85 bits per heavy atom. The SMILES string of the molecule is CCCc1ccc(C(F)(F)OCCc2cc(F)c(C(F)(F)F)c(F)c2)cc1. The fourth-order valence-electron chi connectivity index (χ4n) is 2.58. The topological polar surface area (TPSA) is 9.23 Å². The quantitative estimate of drug-likeness (QED) is 0.505. The molecule has 0 bridgehead atoms. The Bertz CT molecular complexity index is 744. The molecule has 0 aliphatic carbocycles. The lowest BCUT2D eigenvalue weighted by atomic mass is 10.1. The number of hydrogen-bond donors (Lipinski definition) is 0. The highest BCUT2D eigenvalue weighted by molar-refractivity contribution is 5.29. The number of halogens is 7. The molecule has 0 aliphatic heterocycles.